The number of carbonyl (C=O) groups excluding carboxylic acids is 1. The molecule has 0 bridgehead atoms. The summed E-state index contributed by atoms with van der Waals surface area (Å²) in [5.41, 5.74) is 1.67. The minimum absolute atomic E-state index is 0.0327. The van der Waals surface area contributed by atoms with Crippen molar-refractivity contribution in [1.82, 2.24) is 19.5 Å². The molecule has 9 heteroatoms. The van der Waals surface area contributed by atoms with Crippen LogP contribution in [0.4, 0.5) is 5.69 Å². The third-order valence-electron chi connectivity index (χ3n) is 5.03. The number of hydrogen-bond donors (Lipinski definition) is 1. The lowest BCUT2D eigenvalue weighted by molar-refractivity contribution is -0.116. The quantitative estimate of drug-likeness (QED) is 0.874. The molecular formula is C17H21N5O3S. The highest BCUT2D eigenvalue weighted by atomic mass is 32.2. The smallest absolute Gasteiger partial charge is 0.241 e. The second kappa shape index (κ2) is 6.17. The average molecular weight is 375 g/mol. The molecule has 8 nitrogen and oxygen atoms in total. The summed E-state index contributed by atoms with van der Waals surface area (Å²) in [7, 11) is -3.69. The first kappa shape index (κ1) is 17.2. The summed E-state index contributed by atoms with van der Waals surface area (Å²) in [5.74, 6) is 0.615. The third-order valence-corrected chi connectivity index (χ3v) is 6.50. The van der Waals surface area contributed by atoms with E-state index >= 15 is 0 Å². The summed E-state index contributed by atoms with van der Waals surface area (Å²) in [6.45, 7) is 4.24. The Labute approximate surface area is 152 Å². The van der Waals surface area contributed by atoms with Gasteiger partial charge in [-0.25, -0.2) is 22.8 Å². The Hall–Kier alpha value is -2.26. The number of rotatable bonds is 3. The number of anilines is 1. The molecule has 26 heavy (non-hydrogen) atoms. The van der Waals surface area contributed by atoms with Crippen LogP contribution in [0.5, 0.6) is 0 Å². The van der Waals surface area contributed by atoms with E-state index in [4.69, 9.17) is 0 Å². The topological polar surface area (TPSA) is 97.2 Å². The number of benzene rings is 1. The molecule has 0 fully saturated rings. The van der Waals surface area contributed by atoms with Gasteiger partial charge in [-0.1, -0.05) is 0 Å². The van der Waals surface area contributed by atoms with Crippen LogP contribution < -0.4 is 9.62 Å². The number of fused-ring (bicyclic) bond motifs is 2. The van der Waals surface area contributed by atoms with Gasteiger partial charge < -0.3 is 4.90 Å². The van der Waals surface area contributed by atoms with E-state index in [1.54, 1.807) is 27.8 Å². The fraction of sp³-hybridized carbons (Fsp3) is 0.471. The van der Waals surface area contributed by atoms with Gasteiger partial charge in [0, 0.05) is 25.2 Å². The van der Waals surface area contributed by atoms with E-state index < -0.39 is 10.0 Å². The number of aryl methyl sites for hydroxylation is 1. The monoisotopic (exact) mass is 375 g/mol. The third kappa shape index (κ3) is 2.80. The van der Waals surface area contributed by atoms with Gasteiger partial charge in [0.05, 0.1) is 10.9 Å². The highest BCUT2D eigenvalue weighted by Crippen LogP contribution is 2.34. The minimum atomic E-state index is -3.69. The first-order chi connectivity index (χ1) is 12.4. The minimum Gasteiger partial charge on any atom is -0.309 e. The molecular weight excluding hydrogens is 354 g/mol. The predicted octanol–water partition coefficient (Wildman–Crippen LogP) is 1.39. The van der Waals surface area contributed by atoms with Crippen LogP contribution in [0.25, 0.3) is 0 Å². The zero-order valence-electron chi connectivity index (χ0n) is 14.7. The van der Waals surface area contributed by atoms with Crippen LogP contribution in [-0.2, 0) is 27.8 Å². The number of sulfonamides is 1. The van der Waals surface area contributed by atoms with Crippen LogP contribution >= 0.6 is 0 Å². The van der Waals surface area contributed by atoms with Crippen LogP contribution in [0, 0.1) is 0 Å². The van der Waals surface area contributed by atoms with Gasteiger partial charge in [-0.15, -0.1) is 0 Å². The molecule has 2 aliphatic rings. The summed E-state index contributed by atoms with van der Waals surface area (Å²) in [6.07, 6.45) is 3.64. The molecule has 2 unspecified atom stereocenters. The Morgan fingerprint density at radius 1 is 1.35 bits per heavy atom. The van der Waals surface area contributed by atoms with Gasteiger partial charge in [0.2, 0.25) is 15.9 Å². The molecule has 2 atom stereocenters. The SMILES string of the molecule is CC(=O)N1c2ccc(S(=O)(=O)NC3CCCn4ncnc43)cc2CC1C. The van der Waals surface area contributed by atoms with Gasteiger partial charge in [-0.3, -0.25) is 4.79 Å². The molecule has 0 aliphatic carbocycles. The Kier molecular flexibility index (Phi) is 4.07. The molecule has 2 aromatic rings. The van der Waals surface area contributed by atoms with Gasteiger partial charge in [-0.2, -0.15) is 5.10 Å². The lowest BCUT2D eigenvalue weighted by Gasteiger charge is -2.23. The van der Waals surface area contributed by atoms with Gasteiger partial charge in [0.1, 0.15) is 12.2 Å². The maximum atomic E-state index is 12.9. The van der Waals surface area contributed by atoms with Crippen molar-refractivity contribution in [2.24, 2.45) is 0 Å². The molecule has 4 rings (SSSR count). The summed E-state index contributed by atoms with van der Waals surface area (Å²) < 4.78 is 30.3. The van der Waals surface area contributed by atoms with Crippen LogP contribution in [0.3, 0.4) is 0 Å². The van der Waals surface area contributed by atoms with Crippen molar-refractivity contribution in [3.05, 3.63) is 35.9 Å². The second-order valence-electron chi connectivity index (χ2n) is 6.89. The van der Waals surface area contributed by atoms with Crippen molar-refractivity contribution in [2.45, 2.75) is 56.6 Å². The van der Waals surface area contributed by atoms with Crippen molar-refractivity contribution in [2.75, 3.05) is 4.90 Å². The van der Waals surface area contributed by atoms with Crippen molar-refractivity contribution in [3.63, 3.8) is 0 Å². The van der Waals surface area contributed by atoms with Crippen LogP contribution in [0.15, 0.2) is 29.4 Å². The second-order valence-corrected chi connectivity index (χ2v) is 8.60. The molecule has 0 radical (unpaired) electrons. The first-order valence-electron chi connectivity index (χ1n) is 8.69. The van der Waals surface area contributed by atoms with Crippen LogP contribution in [0.2, 0.25) is 0 Å². The number of carbonyl (C=O) groups is 1. The van der Waals surface area contributed by atoms with E-state index in [1.165, 1.54) is 13.3 Å². The molecule has 1 amide bonds. The van der Waals surface area contributed by atoms with E-state index in [0.29, 0.717) is 18.7 Å². The number of hydrogen-bond acceptors (Lipinski definition) is 5. The lowest BCUT2D eigenvalue weighted by Crippen LogP contribution is -2.33. The fourth-order valence-electron chi connectivity index (χ4n) is 3.91. The van der Waals surface area contributed by atoms with Gasteiger partial charge in [-0.05, 0) is 49.9 Å². The van der Waals surface area contributed by atoms with Crippen molar-refractivity contribution in [3.8, 4) is 0 Å². The molecule has 138 valence electrons. The van der Waals surface area contributed by atoms with E-state index in [2.05, 4.69) is 14.8 Å². The maximum Gasteiger partial charge on any atom is 0.241 e. The average Bonchev–Trinajstić information content (AvgIpc) is 3.17. The number of amides is 1. The number of nitrogens with zero attached hydrogens (tertiary/aromatic N) is 4. The molecule has 0 spiro atoms. The Morgan fingerprint density at radius 3 is 2.92 bits per heavy atom. The summed E-state index contributed by atoms with van der Waals surface area (Å²) in [4.78, 5) is 18.0. The molecule has 2 aliphatic heterocycles. The van der Waals surface area contributed by atoms with Crippen LogP contribution in [0.1, 0.15) is 44.1 Å². The standard InChI is InChI=1S/C17H21N5O3S/c1-11-8-13-9-14(5-6-16(13)22(11)12(2)23)26(24,25)20-15-4-3-7-21-17(15)18-10-19-21/h5-6,9-11,15,20H,3-4,7-8H2,1-2H3. The lowest BCUT2D eigenvalue weighted by atomic mass is 10.1. The van der Waals surface area contributed by atoms with Gasteiger partial charge in [0.25, 0.3) is 0 Å². The van der Waals surface area contributed by atoms with Crippen molar-refractivity contribution in [1.29, 1.82) is 0 Å². The maximum absolute atomic E-state index is 12.9. The summed E-state index contributed by atoms with van der Waals surface area (Å²) in [5, 5.41) is 4.12. The Balaban J connectivity index is 1.63. The molecule has 1 aromatic carbocycles. The Bertz CT molecular complexity index is 969. The van der Waals surface area contributed by atoms with Crippen LogP contribution in [-0.4, -0.2) is 35.1 Å². The highest BCUT2D eigenvalue weighted by Gasteiger charge is 2.32. The molecule has 0 saturated carbocycles. The first-order valence-corrected chi connectivity index (χ1v) is 10.2. The zero-order valence-corrected chi connectivity index (χ0v) is 15.5. The predicted molar refractivity (Wildman–Crippen MR) is 95.1 cm³/mol. The fourth-order valence-corrected chi connectivity index (χ4v) is 5.19. The molecule has 0 saturated heterocycles. The molecule has 3 heterocycles. The Morgan fingerprint density at radius 2 is 2.15 bits per heavy atom. The largest absolute Gasteiger partial charge is 0.309 e. The van der Waals surface area contributed by atoms with E-state index in [1.807, 2.05) is 6.92 Å². The zero-order chi connectivity index (χ0) is 18.5. The van der Waals surface area contributed by atoms with Crippen molar-refractivity contribution < 1.29 is 13.2 Å². The van der Waals surface area contributed by atoms with Crippen molar-refractivity contribution >= 4 is 21.6 Å². The van der Waals surface area contributed by atoms with Gasteiger partial charge >= 0.3 is 0 Å². The van der Waals surface area contributed by atoms with E-state index in [0.717, 1.165) is 24.2 Å². The van der Waals surface area contributed by atoms with E-state index in [9.17, 15) is 13.2 Å². The van der Waals surface area contributed by atoms with E-state index in [-0.39, 0.29) is 22.9 Å². The highest BCUT2D eigenvalue weighted by molar-refractivity contribution is 7.89. The number of nitrogens with one attached hydrogen (secondary N) is 1. The summed E-state index contributed by atoms with van der Waals surface area (Å²) in [6, 6.07) is 4.60. The molecule has 1 N–H and O–H groups in total. The number of aromatic nitrogens is 3. The summed E-state index contributed by atoms with van der Waals surface area (Å²) >= 11 is 0. The van der Waals surface area contributed by atoms with Gasteiger partial charge in [0.15, 0.2) is 0 Å². The molecule has 1 aromatic heterocycles. The normalized spacial score (nSPS) is 22.2.